The van der Waals surface area contributed by atoms with Crippen molar-refractivity contribution in [3.8, 4) is 11.5 Å². The van der Waals surface area contributed by atoms with E-state index in [1.807, 2.05) is 49.3 Å². The van der Waals surface area contributed by atoms with Gasteiger partial charge in [0.2, 0.25) is 0 Å². The van der Waals surface area contributed by atoms with E-state index in [2.05, 4.69) is 27.6 Å². The van der Waals surface area contributed by atoms with Crippen LogP contribution >= 0.6 is 33.9 Å². The molecule has 0 aliphatic carbocycles. The molecule has 0 spiro atoms. The molecular formula is C34H32IN3O7S. The summed E-state index contributed by atoms with van der Waals surface area (Å²) in [6.45, 7) is 3.84. The Kier molecular flexibility index (Phi) is 9.97. The number of aromatic carboxylic acids is 1. The van der Waals surface area contributed by atoms with Crippen LogP contribution < -0.4 is 29.3 Å². The Morgan fingerprint density at radius 2 is 1.87 bits per heavy atom. The zero-order valence-electron chi connectivity index (χ0n) is 25.9. The zero-order valence-corrected chi connectivity index (χ0v) is 28.8. The third-order valence-corrected chi connectivity index (χ3v) is 9.13. The van der Waals surface area contributed by atoms with E-state index in [1.165, 1.54) is 24.5 Å². The van der Waals surface area contributed by atoms with Crippen LogP contribution in [0.15, 0.2) is 81.7 Å². The van der Waals surface area contributed by atoms with Gasteiger partial charge in [-0.05, 0) is 95.6 Å². The first-order valence-electron chi connectivity index (χ1n) is 14.3. The number of anilines is 1. The molecule has 1 N–H and O–H groups in total. The Morgan fingerprint density at radius 1 is 1.13 bits per heavy atom. The summed E-state index contributed by atoms with van der Waals surface area (Å²) in [5, 5.41) is 9.30. The van der Waals surface area contributed by atoms with E-state index < -0.39 is 18.0 Å². The second-order valence-corrected chi connectivity index (χ2v) is 12.8. The molecule has 10 nitrogen and oxygen atoms in total. The number of hydrogen-bond acceptors (Lipinski definition) is 9. The van der Waals surface area contributed by atoms with Crippen LogP contribution in [0.4, 0.5) is 5.69 Å². The first-order chi connectivity index (χ1) is 22.0. The number of carboxylic acid groups (broad SMARTS) is 1. The van der Waals surface area contributed by atoms with Crippen LogP contribution in [0.3, 0.4) is 0 Å². The highest BCUT2D eigenvalue weighted by Crippen LogP contribution is 2.35. The lowest BCUT2D eigenvalue weighted by Gasteiger charge is -2.25. The standard InChI is InChI=1S/C34H32IN3O7S/c1-6-44-33(42)28-19(2)36-34-38(29(28)22-10-12-24(13-11-22)37(3)4)31(39)27(46-34)17-21-15-25(35)30(26(16-21)43-5)45-18-20-8-7-9-23(14-20)32(40)41/h7-17,29H,6,18H2,1-5H3,(H,40,41)/b27-17-/t29-/m1/s1. The van der Waals surface area contributed by atoms with E-state index in [9.17, 15) is 19.5 Å². The zero-order chi connectivity index (χ0) is 33.1. The Morgan fingerprint density at radius 3 is 2.52 bits per heavy atom. The molecule has 0 saturated heterocycles. The van der Waals surface area contributed by atoms with Gasteiger partial charge in [0.05, 0.1) is 44.7 Å². The van der Waals surface area contributed by atoms with Crippen LogP contribution in [0.1, 0.15) is 46.9 Å². The van der Waals surface area contributed by atoms with Crippen LogP contribution in [-0.4, -0.2) is 49.4 Å². The molecule has 0 fully saturated rings. The number of thiazole rings is 1. The molecule has 1 aliphatic rings. The molecule has 1 aromatic heterocycles. The topological polar surface area (TPSA) is 120 Å². The molecule has 238 valence electrons. The van der Waals surface area contributed by atoms with Crippen LogP contribution in [-0.2, 0) is 16.1 Å². The number of benzene rings is 3. The summed E-state index contributed by atoms with van der Waals surface area (Å²) in [4.78, 5) is 45.7. The molecule has 1 aliphatic heterocycles. The lowest BCUT2D eigenvalue weighted by Crippen LogP contribution is -2.39. The maximum atomic E-state index is 14.1. The summed E-state index contributed by atoms with van der Waals surface area (Å²) in [6, 6.07) is 17.2. The normalized spacial score (nSPS) is 14.4. The Balaban J connectivity index is 1.55. The summed E-state index contributed by atoms with van der Waals surface area (Å²) in [6.07, 6.45) is 1.77. The highest BCUT2D eigenvalue weighted by molar-refractivity contribution is 14.1. The van der Waals surface area contributed by atoms with Gasteiger partial charge in [-0.2, -0.15) is 0 Å². The van der Waals surface area contributed by atoms with Crippen molar-refractivity contribution in [2.75, 3.05) is 32.7 Å². The van der Waals surface area contributed by atoms with Gasteiger partial charge >= 0.3 is 11.9 Å². The molecule has 46 heavy (non-hydrogen) atoms. The van der Waals surface area contributed by atoms with Gasteiger partial charge in [-0.1, -0.05) is 35.6 Å². The molecule has 2 heterocycles. The third kappa shape index (κ3) is 6.72. The van der Waals surface area contributed by atoms with Crippen molar-refractivity contribution < 1.29 is 28.9 Å². The van der Waals surface area contributed by atoms with E-state index in [4.69, 9.17) is 14.2 Å². The molecule has 12 heteroatoms. The number of esters is 1. The number of carboxylic acids is 1. The van der Waals surface area contributed by atoms with Gasteiger partial charge in [0, 0.05) is 19.8 Å². The summed E-state index contributed by atoms with van der Waals surface area (Å²) >= 11 is 3.38. The van der Waals surface area contributed by atoms with E-state index in [1.54, 1.807) is 48.8 Å². The van der Waals surface area contributed by atoms with E-state index in [0.717, 1.165) is 14.8 Å². The van der Waals surface area contributed by atoms with E-state index in [-0.39, 0.29) is 24.3 Å². The average Bonchev–Trinajstić information content (AvgIpc) is 3.33. The Hall–Kier alpha value is -4.43. The van der Waals surface area contributed by atoms with Crippen molar-refractivity contribution in [3.63, 3.8) is 0 Å². The van der Waals surface area contributed by atoms with Gasteiger partial charge in [-0.3, -0.25) is 9.36 Å². The number of carbonyl (C=O) groups is 2. The highest BCUT2D eigenvalue weighted by Gasteiger charge is 2.33. The molecule has 0 bridgehead atoms. The smallest absolute Gasteiger partial charge is 0.338 e. The predicted molar refractivity (Wildman–Crippen MR) is 185 cm³/mol. The summed E-state index contributed by atoms with van der Waals surface area (Å²) in [5.41, 5.74) is 3.88. The number of hydrogen-bond donors (Lipinski definition) is 1. The fourth-order valence-electron chi connectivity index (χ4n) is 5.13. The van der Waals surface area contributed by atoms with Crippen molar-refractivity contribution in [3.05, 3.63) is 117 Å². The van der Waals surface area contributed by atoms with Crippen molar-refractivity contribution in [2.45, 2.75) is 26.5 Å². The minimum Gasteiger partial charge on any atom is -0.493 e. The number of nitrogens with zero attached hydrogens (tertiary/aromatic N) is 3. The molecule has 3 aromatic carbocycles. The van der Waals surface area contributed by atoms with Crippen molar-refractivity contribution >= 4 is 57.6 Å². The SMILES string of the molecule is CCOC(=O)C1=C(C)N=c2s/c(=C\c3cc(I)c(OCc4cccc(C(=O)O)c4)c(OC)c3)c(=O)n2[C@@H]1c1ccc(N(C)C)cc1. The van der Waals surface area contributed by atoms with Gasteiger partial charge in [0.1, 0.15) is 6.61 Å². The quantitative estimate of drug-likeness (QED) is 0.182. The first kappa shape index (κ1) is 32.9. The molecule has 4 aromatic rings. The number of carbonyl (C=O) groups excluding carboxylic acids is 1. The second-order valence-electron chi connectivity index (χ2n) is 10.6. The molecule has 5 rings (SSSR count). The lowest BCUT2D eigenvalue weighted by molar-refractivity contribution is -0.139. The molecule has 0 radical (unpaired) electrons. The number of fused-ring (bicyclic) bond motifs is 1. The molecule has 0 unspecified atom stereocenters. The minimum absolute atomic E-state index is 0.142. The van der Waals surface area contributed by atoms with Crippen LogP contribution in [0.5, 0.6) is 11.5 Å². The van der Waals surface area contributed by atoms with Crippen LogP contribution in [0.25, 0.3) is 6.08 Å². The fraction of sp³-hybridized carbons (Fsp3) is 0.235. The maximum Gasteiger partial charge on any atom is 0.338 e. The highest BCUT2D eigenvalue weighted by atomic mass is 127. The Labute approximate surface area is 283 Å². The summed E-state index contributed by atoms with van der Waals surface area (Å²) < 4.78 is 19.8. The fourth-order valence-corrected chi connectivity index (χ4v) is 6.95. The van der Waals surface area contributed by atoms with Crippen molar-refractivity contribution in [2.24, 2.45) is 4.99 Å². The van der Waals surface area contributed by atoms with E-state index in [0.29, 0.717) is 43.2 Å². The summed E-state index contributed by atoms with van der Waals surface area (Å²) in [7, 11) is 5.42. The van der Waals surface area contributed by atoms with Gasteiger partial charge in [-0.25, -0.2) is 14.6 Å². The molecular weight excluding hydrogens is 721 g/mol. The lowest BCUT2D eigenvalue weighted by atomic mass is 9.95. The largest absolute Gasteiger partial charge is 0.493 e. The monoisotopic (exact) mass is 753 g/mol. The minimum atomic E-state index is -1.01. The van der Waals surface area contributed by atoms with Crippen LogP contribution in [0.2, 0.25) is 0 Å². The van der Waals surface area contributed by atoms with Gasteiger partial charge in [0.15, 0.2) is 16.3 Å². The molecule has 1 atom stereocenters. The predicted octanol–water partition coefficient (Wildman–Crippen LogP) is 4.75. The number of aromatic nitrogens is 1. The van der Waals surface area contributed by atoms with Crippen LogP contribution in [0, 0.1) is 3.57 Å². The number of halogens is 1. The molecule has 0 saturated carbocycles. The van der Waals surface area contributed by atoms with Crippen molar-refractivity contribution in [1.29, 1.82) is 0 Å². The number of ether oxygens (including phenoxy) is 3. The van der Waals surface area contributed by atoms with Gasteiger partial charge < -0.3 is 24.2 Å². The number of methoxy groups -OCH3 is 1. The summed E-state index contributed by atoms with van der Waals surface area (Å²) in [5.74, 6) is -0.563. The first-order valence-corrected chi connectivity index (χ1v) is 16.2. The number of allylic oxidation sites excluding steroid dienone is 1. The van der Waals surface area contributed by atoms with Crippen molar-refractivity contribution in [1.82, 2.24) is 4.57 Å². The number of rotatable bonds is 10. The third-order valence-electron chi connectivity index (χ3n) is 7.35. The average molecular weight is 754 g/mol. The van der Waals surface area contributed by atoms with E-state index >= 15 is 0 Å². The van der Waals surface area contributed by atoms with Gasteiger partial charge in [-0.15, -0.1) is 0 Å². The molecule has 0 amide bonds. The van der Waals surface area contributed by atoms with Gasteiger partial charge in [0.25, 0.3) is 5.56 Å². The second kappa shape index (κ2) is 13.9. The Bertz CT molecular complexity index is 2030. The maximum absolute atomic E-state index is 14.1.